The van der Waals surface area contributed by atoms with E-state index < -0.39 is 0 Å². The average Bonchev–Trinajstić information content (AvgIpc) is 2.91. The van der Waals surface area contributed by atoms with Gasteiger partial charge in [-0.05, 0) is 25.0 Å². The first kappa shape index (κ1) is 13.4. The highest BCUT2D eigenvalue weighted by molar-refractivity contribution is 5.20. The maximum absolute atomic E-state index is 5.72. The zero-order valence-electron chi connectivity index (χ0n) is 11.1. The zero-order valence-corrected chi connectivity index (χ0v) is 11.1. The summed E-state index contributed by atoms with van der Waals surface area (Å²) in [6, 6.07) is 9.98. The highest BCUT2D eigenvalue weighted by Gasteiger charge is 2.14. The molecule has 18 heavy (non-hydrogen) atoms. The van der Waals surface area contributed by atoms with Crippen molar-refractivity contribution in [1.29, 1.82) is 0 Å². The van der Waals surface area contributed by atoms with E-state index in [-0.39, 0.29) is 0 Å². The number of para-hydroxylation sites is 1. The SMILES string of the molecule is C[C@H](CNC[C@H]1CCCO1)COc1ccccc1. The van der Waals surface area contributed by atoms with E-state index in [1.54, 1.807) is 0 Å². The second kappa shape index (κ2) is 7.39. The lowest BCUT2D eigenvalue weighted by atomic mass is 10.2. The summed E-state index contributed by atoms with van der Waals surface area (Å²) >= 11 is 0. The topological polar surface area (TPSA) is 30.5 Å². The van der Waals surface area contributed by atoms with E-state index in [2.05, 4.69) is 12.2 Å². The van der Waals surface area contributed by atoms with Crippen LogP contribution < -0.4 is 10.1 Å². The third-order valence-corrected chi connectivity index (χ3v) is 3.17. The minimum absolute atomic E-state index is 0.423. The largest absolute Gasteiger partial charge is 0.493 e. The monoisotopic (exact) mass is 249 g/mol. The maximum atomic E-state index is 5.72. The molecule has 0 spiro atoms. The molecule has 0 bridgehead atoms. The van der Waals surface area contributed by atoms with E-state index in [0.29, 0.717) is 12.0 Å². The zero-order chi connectivity index (χ0) is 12.6. The summed E-state index contributed by atoms with van der Waals surface area (Å²) in [6.07, 6.45) is 2.83. The quantitative estimate of drug-likeness (QED) is 0.805. The number of benzene rings is 1. The highest BCUT2D eigenvalue weighted by Crippen LogP contribution is 2.11. The number of nitrogens with one attached hydrogen (secondary N) is 1. The van der Waals surface area contributed by atoms with Crippen LogP contribution in [-0.4, -0.2) is 32.4 Å². The van der Waals surface area contributed by atoms with Gasteiger partial charge in [0.2, 0.25) is 0 Å². The van der Waals surface area contributed by atoms with Gasteiger partial charge in [0, 0.05) is 25.6 Å². The van der Waals surface area contributed by atoms with Crippen molar-refractivity contribution >= 4 is 0 Å². The lowest BCUT2D eigenvalue weighted by Crippen LogP contribution is -2.31. The van der Waals surface area contributed by atoms with Crippen LogP contribution in [0, 0.1) is 5.92 Å². The third-order valence-electron chi connectivity index (χ3n) is 3.17. The molecule has 0 radical (unpaired) electrons. The Morgan fingerprint density at radius 2 is 2.22 bits per heavy atom. The average molecular weight is 249 g/mol. The summed E-state index contributed by atoms with van der Waals surface area (Å²) in [7, 11) is 0. The van der Waals surface area contributed by atoms with Crippen molar-refractivity contribution in [3.8, 4) is 5.75 Å². The van der Waals surface area contributed by atoms with E-state index in [4.69, 9.17) is 9.47 Å². The van der Waals surface area contributed by atoms with Crippen LogP contribution in [0.2, 0.25) is 0 Å². The number of hydrogen-bond donors (Lipinski definition) is 1. The van der Waals surface area contributed by atoms with Crippen LogP contribution in [0.25, 0.3) is 0 Å². The second-order valence-electron chi connectivity index (χ2n) is 5.02. The van der Waals surface area contributed by atoms with Crippen molar-refractivity contribution in [3.63, 3.8) is 0 Å². The first-order chi connectivity index (χ1) is 8.84. The van der Waals surface area contributed by atoms with Crippen molar-refractivity contribution in [1.82, 2.24) is 5.32 Å². The molecule has 2 rings (SSSR count). The number of hydrogen-bond acceptors (Lipinski definition) is 3. The normalized spacial score (nSPS) is 20.8. The van der Waals surface area contributed by atoms with Gasteiger partial charge in [0.05, 0.1) is 12.7 Å². The minimum Gasteiger partial charge on any atom is -0.493 e. The Kier molecular flexibility index (Phi) is 5.49. The second-order valence-corrected chi connectivity index (χ2v) is 5.02. The Labute approximate surface area is 109 Å². The number of ether oxygens (including phenoxy) is 2. The van der Waals surface area contributed by atoms with Gasteiger partial charge >= 0.3 is 0 Å². The van der Waals surface area contributed by atoms with Crippen molar-refractivity contribution in [2.45, 2.75) is 25.9 Å². The molecule has 0 unspecified atom stereocenters. The first-order valence-electron chi connectivity index (χ1n) is 6.85. The molecule has 2 atom stereocenters. The summed E-state index contributed by atoms with van der Waals surface area (Å²) in [5, 5.41) is 3.46. The third kappa shape index (κ3) is 4.67. The molecule has 0 saturated carbocycles. The molecule has 1 N–H and O–H groups in total. The van der Waals surface area contributed by atoms with Crippen molar-refractivity contribution in [2.24, 2.45) is 5.92 Å². The fourth-order valence-corrected chi connectivity index (χ4v) is 2.11. The van der Waals surface area contributed by atoms with E-state index in [9.17, 15) is 0 Å². The Hall–Kier alpha value is -1.06. The van der Waals surface area contributed by atoms with Gasteiger partial charge in [0.15, 0.2) is 0 Å². The van der Waals surface area contributed by atoms with E-state index in [1.165, 1.54) is 12.8 Å². The van der Waals surface area contributed by atoms with Gasteiger partial charge in [-0.3, -0.25) is 0 Å². The van der Waals surface area contributed by atoms with E-state index in [1.807, 2.05) is 30.3 Å². The molecule has 1 aliphatic rings. The lowest BCUT2D eigenvalue weighted by molar-refractivity contribution is 0.108. The van der Waals surface area contributed by atoms with Crippen LogP contribution in [0.3, 0.4) is 0 Å². The molecule has 1 aromatic carbocycles. The smallest absolute Gasteiger partial charge is 0.119 e. The lowest BCUT2D eigenvalue weighted by Gasteiger charge is -2.16. The fourth-order valence-electron chi connectivity index (χ4n) is 2.11. The summed E-state index contributed by atoms with van der Waals surface area (Å²) in [5.74, 6) is 1.45. The molecule has 1 aromatic rings. The summed E-state index contributed by atoms with van der Waals surface area (Å²) in [5.41, 5.74) is 0. The maximum Gasteiger partial charge on any atom is 0.119 e. The Balaban J connectivity index is 1.56. The first-order valence-corrected chi connectivity index (χ1v) is 6.85. The van der Waals surface area contributed by atoms with Crippen LogP contribution in [0.15, 0.2) is 30.3 Å². The predicted octanol–water partition coefficient (Wildman–Crippen LogP) is 2.47. The summed E-state index contributed by atoms with van der Waals surface area (Å²) in [6.45, 7) is 5.83. The highest BCUT2D eigenvalue weighted by atomic mass is 16.5. The predicted molar refractivity (Wildman–Crippen MR) is 72.9 cm³/mol. The van der Waals surface area contributed by atoms with Gasteiger partial charge in [-0.25, -0.2) is 0 Å². The molecule has 0 amide bonds. The minimum atomic E-state index is 0.423. The fraction of sp³-hybridized carbons (Fsp3) is 0.600. The standard InChI is InChI=1S/C15H23NO2/c1-13(10-16-11-15-8-5-9-17-15)12-18-14-6-3-2-4-7-14/h2-4,6-7,13,15-16H,5,8-12H2,1H3/t13-,15-/m1/s1. The van der Waals surface area contributed by atoms with Gasteiger partial charge in [-0.1, -0.05) is 25.1 Å². The number of rotatable bonds is 7. The van der Waals surface area contributed by atoms with E-state index in [0.717, 1.165) is 32.1 Å². The van der Waals surface area contributed by atoms with Crippen molar-refractivity contribution in [3.05, 3.63) is 30.3 Å². The van der Waals surface area contributed by atoms with Crippen LogP contribution in [0.5, 0.6) is 5.75 Å². The van der Waals surface area contributed by atoms with Crippen LogP contribution in [0.4, 0.5) is 0 Å². The van der Waals surface area contributed by atoms with Gasteiger partial charge < -0.3 is 14.8 Å². The molecule has 1 aliphatic heterocycles. The van der Waals surface area contributed by atoms with Gasteiger partial charge in [0.1, 0.15) is 5.75 Å². The van der Waals surface area contributed by atoms with Crippen molar-refractivity contribution in [2.75, 3.05) is 26.3 Å². The Morgan fingerprint density at radius 3 is 2.94 bits per heavy atom. The van der Waals surface area contributed by atoms with Crippen LogP contribution >= 0.6 is 0 Å². The van der Waals surface area contributed by atoms with Gasteiger partial charge in [-0.2, -0.15) is 0 Å². The molecule has 100 valence electrons. The Morgan fingerprint density at radius 1 is 1.39 bits per heavy atom. The molecule has 1 saturated heterocycles. The molecule has 3 heteroatoms. The molecular weight excluding hydrogens is 226 g/mol. The van der Waals surface area contributed by atoms with Gasteiger partial charge in [0.25, 0.3) is 0 Å². The van der Waals surface area contributed by atoms with Crippen LogP contribution in [-0.2, 0) is 4.74 Å². The summed E-state index contributed by atoms with van der Waals surface area (Å²) < 4.78 is 11.3. The molecule has 0 aromatic heterocycles. The molecular formula is C15H23NO2. The molecule has 0 aliphatic carbocycles. The van der Waals surface area contributed by atoms with E-state index >= 15 is 0 Å². The molecule has 1 heterocycles. The van der Waals surface area contributed by atoms with Crippen molar-refractivity contribution < 1.29 is 9.47 Å². The molecule has 3 nitrogen and oxygen atoms in total. The van der Waals surface area contributed by atoms with Gasteiger partial charge in [-0.15, -0.1) is 0 Å². The summed E-state index contributed by atoms with van der Waals surface area (Å²) in [4.78, 5) is 0. The molecule has 1 fully saturated rings. The Bertz CT molecular complexity index is 323. The van der Waals surface area contributed by atoms with Crippen LogP contribution in [0.1, 0.15) is 19.8 Å².